The molecule has 0 rings (SSSR count). The molecule has 284 valence electrons. The molecule has 0 fully saturated rings. The van der Waals surface area contributed by atoms with Crippen LogP contribution in [0.1, 0.15) is 155 Å². The summed E-state index contributed by atoms with van der Waals surface area (Å²) in [5.41, 5.74) is 0. The lowest BCUT2D eigenvalue weighted by atomic mass is 10.1. The highest BCUT2D eigenvalue weighted by molar-refractivity contribution is 5.72. The first-order valence-corrected chi connectivity index (χ1v) is 19.5. The van der Waals surface area contributed by atoms with Crippen LogP contribution in [0.15, 0.2) is 36.5 Å². The molecule has 2 atom stereocenters. The number of hydrogen-bond donors (Lipinski definition) is 1. The summed E-state index contributed by atoms with van der Waals surface area (Å²) in [7, 11) is 5.51. The average molecular weight is 693 g/mol. The topological polar surface area (TPSA) is 99.1 Å². The molecular formula is C41H74NO7+. The van der Waals surface area contributed by atoms with E-state index in [0.717, 1.165) is 64.2 Å². The molecule has 0 aliphatic heterocycles. The number of ether oxygens (including phenoxy) is 3. The van der Waals surface area contributed by atoms with Gasteiger partial charge in [0.15, 0.2) is 12.1 Å². The Kier molecular flexibility index (Phi) is 31.1. The van der Waals surface area contributed by atoms with E-state index in [1.807, 2.05) is 21.1 Å². The lowest BCUT2D eigenvalue weighted by molar-refractivity contribution is -0.887. The van der Waals surface area contributed by atoms with Crippen molar-refractivity contribution in [2.24, 2.45) is 0 Å². The van der Waals surface area contributed by atoms with Gasteiger partial charge < -0.3 is 23.8 Å². The number of carbonyl (C=O) groups is 3. The zero-order chi connectivity index (χ0) is 36.4. The highest BCUT2D eigenvalue weighted by Crippen LogP contribution is 2.13. The standard InChI is InChI=1S/C41H73NO7/c1-6-8-10-12-14-16-17-18-19-20-21-22-23-24-26-28-30-32-40(44)49-37(35-47-34-33-38(41(45)46)42(3,4)5)36-48-39(43)31-29-27-25-15-13-11-9-7-2/h8,10,14,16,18-19,37-38H,6-7,9,11-13,15,17,20-36H2,1-5H3/p+1/b10-8-,16-14-,19-18-. The molecule has 0 bridgehead atoms. The van der Waals surface area contributed by atoms with Crippen molar-refractivity contribution in [3.63, 3.8) is 0 Å². The van der Waals surface area contributed by atoms with E-state index in [4.69, 9.17) is 14.2 Å². The van der Waals surface area contributed by atoms with E-state index in [1.54, 1.807) is 0 Å². The number of esters is 2. The summed E-state index contributed by atoms with van der Waals surface area (Å²) in [6.07, 6.45) is 34.7. The Morgan fingerprint density at radius 3 is 1.69 bits per heavy atom. The number of quaternary nitrogens is 1. The van der Waals surface area contributed by atoms with Gasteiger partial charge in [-0.25, -0.2) is 4.79 Å². The highest BCUT2D eigenvalue weighted by atomic mass is 16.6. The van der Waals surface area contributed by atoms with Crippen LogP contribution in [-0.2, 0) is 28.6 Å². The SMILES string of the molecule is CC/C=C\C/C=C\C/C=C\CCCCCCCCCC(=O)OC(COCCC(C(=O)O)[N+](C)(C)C)COC(=O)CCCCCCCCCC. The predicted molar refractivity (Wildman–Crippen MR) is 201 cm³/mol. The van der Waals surface area contributed by atoms with Crippen molar-refractivity contribution in [2.75, 3.05) is 41.0 Å². The molecule has 8 heteroatoms. The molecule has 0 saturated heterocycles. The highest BCUT2D eigenvalue weighted by Gasteiger charge is 2.31. The number of allylic oxidation sites excluding steroid dienone is 6. The third-order valence-electron chi connectivity index (χ3n) is 8.55. The minimum Gasteiger partial charge on any atom is -0.477 e. The Balaban J connectivity index is 4.37. The molecule has 0 saturated carbocycles. The van der Waals surface area contributed by atoms with Crippen molar-refractivity contribution >= 4 is 17.9 Å². The van der Waals surface area contributed by atoms with E-state index in [-0.39, 0.29) is 36.2 Å². The predicted octanol–water partition coefficient (Wildman–Crippen LogP) is 9.91. The maximum absolute atomic E-state index is 12.6. The summed E-state index contributed by atoms with van der Waals surface area (Å²) >= 11 is 0. The van der Waals surface area contributed by atoms with E-state index in [9.17, 15) is 19.5 Å². The maximum Gasteiger partial charge on any atom is 0.362 e. The first kappa shape index (κ1) is 46.5. The normalized spacial score (nSPS) is 13.4. The third kappa shape index (κ3) is 31.3. The second-order valence-corrected chi connectivity index (χ2v) is 14.2. The van der Waals surface area contributed by atoms with Crippen LogP contribution in [0.25, 0.3) is 0 Å². The zero-order valence-electron chi connectivity index (χ0n) is 32.1. The summed E-state index contributed by atoms with van der Waals surface area (Å²) < 4.78 is 17.2. The fourth-order valence-electron chi connectivity index (χ4n) is 5.52. The van der Waals surface area contributed by atoms with Crippen LogP contribution in [0, 0.1) is 0 Å². The first-order valence-electron chi connectivity index (χ1n) is 19.5. The molecule has 1 N–H and O–H groups in total. The van der Waals surface area contributed by atoms with E-state index < -0.39 is 18.1 Å². The molecule has 0 aliphatic rings. The fraction of sp³-hybridized carbons (Fsp3) is 0.780. The molecule has 49 heavy (non-hydrogen) atoms. The van der Waals surface area contributed by atoms with Crippen LogP contribution >= 0.6 is 0 Å². The van der Waals surface area contributed by atoms with Crippen molar-refractivity contribution in [1.82, 2.24) is 0 Å². The second-order valence-electron chi connectivity index (χ2n) is 14.2. The monoisotopic (exact) mass is 693 g/mol. The van der Waals surface area contributed by atoms with Gasteiger partial charge in [0.25, 0.3) is 0 Å². The summed E-state index contributed by atoms with van der Waals surface area (Å²) in [5.74, 6) is -1.49. The van der Waals surface area contributed by atoms with Gasteiger partial charge in [-0.15, -0.1) is 0 Å². The van der Waals surface area contributed by atoms with Crippen LogP contribution in [-0.4, -0.2) is 80.6 Å². The van der Waals surface area contributed by atoms with Gasteiger partial charge in [0, 0.05) is 19.3 Å². The average Bonchev–Trinajstić information content (AvgIpc) is 3.05. The van der Waals surface area contributed by atoms with Crippen LogP contribution < -0.4 is 0 Å². The van der Waals surface area contributed by atoms with Gasteiger partial charge in [-0.05, 0) is 44.9 Å². The van der Waals surface area contributed by atoms with E-state index in [2.05, 4.69) is 50.3 Å². The maximum atomic E-state index is 12.6. The Hall–Kier alpha value is -2.45. The Bertz CT molecular complexity index is 906. The molecule has 0 heterocycles. The number of aliphatic carboxylic acids is 1. The van der Waals surface area contributed by atoms with E-state index in [1.165, 1.54) is 57.8 Å². The molecule has 0 aromatic heterocycles. The van der Waals surface area contributed by atoms with Crippen molar-refractivity contribution in [3.8, 4) is 0 Å². The molecular weight excluding hydrogens is 618 g/mol. The smallest absolute Gasteiger partial charge is 0.362 e. The molecule has 0 aliphatic carbocycles. The van der Waals surface area contributed by atoms with Gasteiger partial charge >= 0.3 is 17.9 Å². The quantitative estimate of drug-likeness (QED) is 0.0310. The number of unbranched alkanes of at least 4 members (excludes halogenated alkanes) is 14. The minimum absolute atomic E-state index is 0.0538. The van der Waals surface area contributed by atoms with Crippen molar-refractivity contribution < 1.29 is 38.2 Å². The van der Waals surface area contributed by atoms with Crippen molar-refractivity contribution in [1.29, 1.82) is 0 Å². The Morgan fingerprint density at radius 1 is 0.633 bits per heavy atom. The molecule has 0 radical (unpaired) electrons. The number of nitrogens with zero attached hydrogens (tertiary/aromatic N) is 1. The second kappa shape index (κ2) is 32.7. The number of likely N-dealkylation sites (N-methyl/N-ethyl adjacent to an activating group) is 1. The fourth-order valence-corrected chi connectivity index (χ4v) is 5.52. The van der Waals surface area contributed by atoms with Gasteiger partial charge in [-0.1, -0.05) is 127 Å². The zero-order valence-corrected chi connectivity index (χ0v) is 32.1. The van der Waals surface area contributed by atoms with Gasteiger partial charge in [-0.3, -0.25) is 9.59 Å². The van der Waals surface area contributed by atoms with E-state index >= 15 is 0 Å². The first-order chi connectivity index (χ1) is 23.6. The molecule has 0 spiro atoms. The van der Waals surface area contributed by atoms with Gasteiger partial charge in [0.2, 0.25) is 0 Å². The van der Waals surface area contributed by atoms with Gasteiger partial charge in [0.1, 0.15) is 6.61 Å². The van der Waals surface area contributed by atoms with Gasteiger partial charge in [0.05, 0.1) is 34.4 Å². The molecule has 0 aromatic carbocycles. The van der Waals surface area contributed by atoms with Crippen molar-refractivity contribution in [2.45, 2.75) is 167 Å². The van der Waals surface area contributed by atoms with Crippen LogP contribution in [0.3, 0.4) is 0 Å². The molecule has 8 nitrogen and oxygen atoms in total. The number of rotatable bonds is 34. The van der Waals surface area contributed by atoms with E-state index in [0.29, 0.717) is 19.3 Å². The van der Waals surface area contributed by atoms with Gasteiger partial charge in [-0.2, -0.15) is 0 Å². The molecule has 2 unspecified atom stereocenters. The number of carboxylic acids is 1. The summed E-state index contributed by atoms with van der Waals surface area (Å²) in [6.45, 7) is 4.57. The van der Waals surface area contributed by atoms with Crippen LogP contribution in [0.4, 0.5) is 0 Å². The molecule has 0 amide bonds. The largest absolute Gasteiger partial charge is 0.477 e. The lowest BCUT2D eigenvalue weighted by Gasteiger charge is -2.31. The Labute approximate surface area is 300 Å². The number of carboxylic acid groups (broad SMARTS) is 1. The van der Waals surface area contributed by atoms with Crippen LogP contribution in [0.2, 0.25) is 0 Å². The Morgan fingerprint density at radius 2 is 1.14 bits per heavy atom. The number of carbonyl (C=O) groups excluding carboxylic acids is 2. The summed E-state index contributed by atoms with van der Waals surface area (Å²) in [5, 5.41) is 9.57. The van der Waals surface area contributed by atoms with Crippen molar-refractivity contribution in [3.05, 3.63) is 36.5 Å². The molecule has 0 aromatic rings. The van der Waals surface area contributed by atoms with Crippen LogP contribution in [0.5, 0.6) is 0 Å². The third-order valence-corrected chi connectivity index (χ3v) is 8.55. The number of hydrogen-bond acceptors (Lipinski definition) is 6. The minimum atomic E-state index is -0.878. The summed E-state index contributed by atoms with van der Waals surface area (Å²) in [6, 6.07) is -0.613. The lowest BCUT2D eigenvalue weighted by Crippen LogP contribution is -2.50. The summed E-state index contributed by atoms with van der Waals surface area (Å²) in [4.78, 5) is 36.7.